The van der Waals surface area contributed by atoms with Gasteiger partial charge in [0, 0.05) is 17.0 Å². The Morgan fingerprint density at radius 2 is 1.29 bits per heavy atom. The van der Waals surface area contributed by atoms with E-state index in [1.165, 1.54) is 0 Å². The lowest BCUT2D eigenvalue weighted by molar-refractivity contribution is 0.283. The molecule has 1 rings (SSSR count). The lowest BCUT2D eigenvalue weighted by atomic mass is 9.80. The van der Waals surface area contributed by atoms with Crippen molar-refractivity contribution in [2.24, 2.45) is 10.8 Å². The maximum absolute atomic E-state index is 2.52. The van der Waals surface area contributed by atoms with Gasteiger partial charge in [0.15, 0.2) is 0 Å². The number of allylic oxidation sites excluding steroid dienone is 1. The second-order valence-corrected chi connectivity index (χ2v) is 9.14. The van der Waals surface area contributed by atoms with Crippen molar-refractivity contribution >= 4 is 11.9 Å². The minimum Gasteiger partial charge on any atom is -0.237 e. The first-order chi connectivity index (χ1) is 7.33. The summed E-state index contributed by atoms with van der Waals surface area (Å²) in [4.78, 5) is 1.57. The standard InChI is InChI=1S/C15H29NS/c1-13(2,3)11-10-16(15(7,8)9)17-12(11)14(4,5)6/h10H2,1-9H3. The van der Waals surface area contributed by atoms with E-state index in [9.17, 15) is 0 Å². The minimum atomic E-state index is 0.230. The summed E-state index contributed by atoms with van der Waals surface area (Å²) in [5.74, 6) is 0. The molecule has 0 aromatic rings. The van der Waals surface area contributed by atoms with Crippen molar-refractivity contribution in [1.29, 1.82) is 0 Å². The Hall–Kier alpha value is 0.0500. The van der Waals surface area contributed by atoms with Crippen LogP contribution < -0.4 is 0 Å². The van der Waals surface area contributed by atoms with Crippen molar-refractivity contribution in [2.75, 3.05) is 6.54 Å². The lowest BCUT2D eigenvalue weighted by Gasteiger charge is -2.32. The van der Waals surface area contributed by atoms with Gasteiger partial charge in [-0.15, -0.1) is 0 Å². The summed E-state index contributed by atoms with van der Waals surface area (Å²) in [6, 6.07) is 0. The van der Waals surface area contributed by atoms with Crippen molar-refractivity contribution in [3.63, 3.8) is 0 Å². The van der Waals surface area contributed by atoms with E-state index in [4.69, 9.17) is 0 Å². The maximum Gasteiger partial charge on any atom is 0.0325 e. The molecule has 0 aliphatic carbocycles. The molecule has 1 heterocycles. The summed E-state index contributed by atoms with van der Waals surface area (Å²) in [6.45, 7) is 22.0. The molecule has 0 N–H and O–H groups in total. The molecule has 100 valence electrons. The van der Waals surface area contributed by atoms with Gasteiger partial charge in [-0.25, -0.2) is 4.31 Å². The SMILES string of the molecule is CC(C)(C)C1=C(C(C)(C)C)SN(C(C)(C)C)C1. The molecule has 1 aliphatic rings. The molecule has 0 saturated heterocycles. The van der Waals surface area contributed by atoms with Crippen LogP contribution in [0, 0.1) is 10.8 Å². The molecule has 0 spiro atoms. The summed E-state index contributed by atoms with van der Waals surface area (Å²) in [5, 5.41) is 0. The Labute approximate surface area is 112 Å². The van der Waals surface area contributed by atoms with Crippen LogP contribution in [0.5, 0.6) is 0 Å². The zero-order valence-corrected chi connectivity index (χ0v) is 13.9. The van der Waals surface area contributed by atoms with Crippen LogP contribution in [-0.2, 0) is 0 Å². The first-order valence-electron chi connectivity index (χ1n) is 6.53. The number of hydrogen-bond acceptors (Lipinski definition) is 2. The van der Waals surface area contributed by atoms with Gasteiger partial charge in [0.05, 0.1) is 0 Å². The number of nitrogens with zero attached hydrogens (tertiary/aromatic N) is 1. The van der Waals surface area contributed by atoms with Gasteiger partial charge in [-0.05, 0) is 49.1 Å². The molecule has 0 bridgehead atoms. The van der Waals surface area contributed by atoms with Crippen molar-refractivity contribution in [3.8, 4) is 0 Å². The summed E-state index contributed by atoms with van der Waals surface area (Å²) in [6.07, 6.45) is 0. The van der Waals surface area contributed by atoms with Crippen LogP contribution in [0.3, 0.4) is 0 Å². The highest BCUT2D eigenvalue weighted by molar-refractivity contribution is 8.01. The topological polar surface area (TPSA) is 3.24 Å². The van der Waals surface area contributed by atoms with Crippen LogP contribution >= 0.6 is 11.9 Å². The van der Waals surface area contributed by atoms with Crippen LogP contribution in [0.4, 0.5) is 0 Å². The summed E-state index contributed by atoms with van der Waals surface area (Å²) in [7, 11) is 0. The Morgan fingerprint density at radius 3 is 1.53 bits per heavy atom. The normalized spacial score (nSPS) is 20.3. The Morgan fingerprint density at radius 1 is 0.824 bits per heavy atom. The van der Waals surface area contributed by atoms with Crippen LogP contribution in [0.15, 0.2) is 10.5 Å². The van der Waals surface area contributed by atoms with E-state index in [0.29, 0.717) is 0 Å². The van der Waals surface area contributed by atoms with Crippen LogP contribution in [0.2, 0.25) is 0 Å². The summed E-state index contributed by atoms with van der Waals surface area (Å²) in [5.41, 5.74) is 2.38. The fourth-order valence-electron chi connectivity index (χ4n) is 1.95. The van der Waals surface area contributed by atoms with E-state index < -0.39 is 0 Å². The quantitative estimate of drug-likeness (QED) is 0.554. The monoisotopic (exact) mass is 255 g/mol. The highest BCUT2D eigenvalue weighted by Crippen LogP contribution is 2.51. The predicted octanol–water partition coefficient (Wildman–Crippen LogP) is 5.10. The second kappa shape index (κ2) is 4.31. The van der Waals surface area contributed by atoms with E-state index in [1.54, 1.807) is 10.5 Å². The fourth-order valence-corrected chi connectivity index (χ4v) is 3.40. The van der Waals surface area contributed by atoms with Gasteiger partial charge in [-0.3, -0.25) is 0 Å². The molecular weight excluding hydrogens is 226 g/mol. The van der Waals surface area contributed by atoms with Gasteiger partial charge in [-0.2, -0.15) is 0 Å². The van der Waals surface area contributed by atoms with E-state index >= 15 is 0 Å². The zero-order chi connectivity index (χ0) is 13.6. The average Bonchev–Trinajstić information content (AvgIpc) is 2.42. The Balaban J connectivity index is 3.10. The van der Waals surface area contributed by atoms with Crippen molar-refractivity contribution in [3.05, 3.63) is 10.5 Å². The van der Waals surface area contributed by atoms with Crippen LogP contribution in [-0.4, -0.2) is 16.4 Å². The molecule has 1 nitrogen and oxygen atoms in total. The Bertz CT molecular complexity index is 294. The number of hydrogen-bond donors (Lipinski definition) is 0. The molecule has 0 aromatic carbocycles. The molecule has 0 fully saturated rings. The van der Waals surface area contributed by atoms with Crippen LogP contribution in [0.1, 0.15) is 62.3 Å². The molecular formula is C15H29NS. The highest BCUT2D eigenvalue weighted by Gasteiger charge is 2.39. The second-order valence-electron chi connectivity index (χ2n) is 8.11. The molecule has 17 heavy (non-hydrogen) atoms. The number of rotatable bonds is 0. The molecule has 1 aliphatic heterocycles. The minimum absolute atomic E-state index is 0.230. The molecule has 2 heteroatoms. The summed E-state index contributed by atoms with van der Waals surface area (Å²) < 4.78 is 2.52. The van der Waals surface area contributed by atoms with Crippen molar-refractivity contribution < 1.29 is 0 Å². The molecule has 0 atom stereocenters. The molecule has 0 aromatic heterocycles. The lowest BCUT2D eigenvalue weighted by Crippen LogP contribution is -2.35. The van der Waals surface area contributed by atoms with E-state index in [2.05, 4.69) is 66.6 Å². The zero-order valence-electron chi connectivity index (χ0n) is 13.1. The average molecular weight is 255 g/mol. The third-order valence-electron chi connectivity index (χ3n) is 3.11. The van der Waals surface area contributed by atoms with Gasteiger partial charge in [-0.1, -0.05) is 41.5 Å². The van der Waals surface area contributed by atoms with Gasteiger partial charge < -0.3 is 0 Å². The van der Waals surface area contributed by atoms with Gasteiger partial charge in [0.1, 0.15) is 0 Å². The van der Waals surface area contributed by atoms with Gasteiger partial charge in [0.25, 0.3) is 0 Å². The smallest absolute Gasteiger partial charge is 0.0325 e. The van der Waals surface area contributed by atoms with E-state index in [-0.39, 0.29) is 16.4 Å². The molecule has 0 saturated carbocycles. The van der Waals surface area contributed by atoms with Gasteiger partial charge >= 0.3 is 0 Å². The highest BCUT2D eigenvalue weighted by atomic mass is 32.2. The first-order valence-corrected chi connectivity index (χ1v) is 7.30. The fraction of sp³-hybridized carbons (Fsp3) is 0.867. The van der Waals surface area contributed by atoms with Crippen molar-refractivity contribution in [2.45, 2.75) is 67.9 Å². The third-order valence-corrected chi connectivity index (χ3v) is 5.05. The van der Waals surface area contributed by atoms with E-state index in [1.807, 2.05) is 11.9 Å². The maximum atomic E-state index is 2.52. The molecule has 0 radical (unpaired) electrons. The molecule has 0 unspecified atom stereocenters. The predicted molar refractivity (Wildman–Crippen MR) is 80.0 cm³/mol. The third kappa shape index (κ3) is 3.51. The van der Waals surface area contributed by atoms with Crippen molar-refractivity contribution in [1.82, 2.24) is 4.31 Å². The van der Waals surface area contributed by atoms with Gasteiger partial charge in [0.2, 0.25) is 0 Å². The molecule has 0 amide bonds. The van der Waals surface area contributed by atoms with Crippen LogP contribution in [0.25, 0.3) is 0 Å². The largest absolute Gasteiger partial charge is 0.237 e. The Kier molecular flexibility index (Phi) is 3.83. The first kappa shape index (κ1) is 15.1. The van der Waals surface area contributed by atoms with E-state index in [0.717, 1.165) is 6.54 Å². The summed E-state index contributed by atoms with van der Waals surface area (Å²) >= 11 is 1.97.